The van der Waals surface area contributed by atoms with Gasteiger partial charge in [-0.1, -0.05) is 42.5 Å². The van der Waals surface area contributed by atoms with Crippen LogP contribution in [-0.4, -0.2) is 15.2 Å². The second-order valence-electron chi connectivity index (χ2n) is 5.71. The summed E-state index contributed by atoms with van der Waals surface area (Å²) in [4.78, 5) is 4.40. The molecule has 1 aromatic heterocycles. The summed E-state index contributed by atoms with van der Waals surface area (Å²) >= 11 is 0. The number of aromatic hydroxyl groups is 2. The Morgan fingerprint density at radius 1 is 0.720 bits per heavy atom. The monoisotopic (exact) mass is 335 g/mol. The lowest BCUT2D eigenvalue weighted by molar-refractivity contribution is 0.408. The van der Waals surface area contributed by atoms with Gasteiger partial charge in [0, 0.05) is 30.4 Å². The standard InChI is InChI=1S/C20H21N3O2/c24-18-10-3-1-7-15(18)13-22-20(17-9-5-6-12-21-17)23-14-16-8-2-4-11-19(16)25/h1-12,20,22-25H,13-14H2. The summed E-state index contributed by atoms with van der Waals surface area (Å²) in [5.74, 6) is 0.519. The Morgan fingerprint density at radius 2 is 1.24 bits per heavy atom. The number of rotatable bonds is 7. The topological polar surface area (TPSA) is 77.4 Å². The molecule has 3 rings (SSSR count). The molecule has 0 radical (unpaired) electrons. The van der Waals surface area contributed by atoms with Crippen LogP contribution in [0.4, 0.5) is 0 Å². The number of nitrogens with one attached hydrogen (secondary N) is 2. The van der Waals surface area contributed by atoms with Gasteiger partial charge in [0.05, 0.1) is 5.69 Å². The van der Waals surface area contributed by atoms with Gasteiger partial charge in [-0.3, -0.25) is 15.6 Å². The average Bonchev–Trinajstić information content (AvgIpc) is 2.65. The van der Waals surface area contributed by atoms with Crippen molar-refractivity contribution < 1.29 is 10.2 Å². The van der Waals surface area contributed by atoms with E-state index < -0.39 is 0 Å². The van der Waals surface area contributed by atoms with Crippen molar-refractivity contribution in [1.82, 2.24) is 15.6 Å². The number of phenols is 2. The molecule has 0 aliphatic rings. The van der Waals surface area contributed by atoms with E-state index in [1.165, 1.54) is 0 Å². The quantitative estimate of drug-likeness (QED) is 0.499. The maximum absolute atomic E-state index is 9.93. The van der Waals surface area contributed by atoms with Gasteiger partial charge in [-0.15, -0.1) is 0 Å². The predicted octanol–water partition coefficient (Wildman–Crippen LogP) is 3.07. The lowest BCUT2D eigenvalue weighted by atomic mass is 10.1. The summed E-state index contributed by atoms with van der Waals surface area (Å²) in [7, 11) is 0. The van der Waals surface area contributed by atoms with Crippen LogP contribution < -0.4 is 10.6 Å². The van der Waals surface area contributed by atoms with Crippen molar-refractivity contribution in [3.8, 4) is 11.5 Å². The van der Waals surface area contributed by atoms with E-state index in [4.69, 9.17) is 0 Å². The molecule has 0 bridgehead atoms. The molecule has 0 aliphatic carbocycles. The SMILES string of the molecule is Oc1ccccc1CNC(NCc1ccccc1O)c1ccccn1. The van der Waals surface area contributed by atoms with Crippen molar-refractivity contribution in [2.75, 3.05) is 0 Å². The highest BCUT2D eigenvalue weighted by molar-refractivity contribution is 5.32. The Hall–Kier alpha value is -2.89. The third-order valence-corrected chi connectivity index (χ3v) is 3.96. The number of benzene rings is 2. The molecule has 0 spiro atoms. The lowest BCUT2D eigenvalue weighted by Gasteiger charge is -2.20. The van der Waals surface area contributed by atoms with E-state index in [1.54, 1.807) is 30.5 Å². The maximum atomic E-state index is 9.93. The Kier molecular flexibility index (Phi) is 5.61. The van der Waals surface area contributed by atoms with Crippen molar-refractivity contribution in [1.29, 1.82) is 0 Å². The zero-order chi connectivity index (χ0) is 17.5. The van der Waals surface area contributed by atoms with Crippen LogP contribution >= 0.6 is 0 Å². The largest absolute Gasteiger partial charge is 0.508 e. The van der Waals surface area contributed by atoms with Crippen LogP contribution in [0.1, 0.15) is 23.0 Å². The summed E-state index contributed by atoms with van der Waals surface area (Å²) in [6.07, 6.45) is 1.52. The van der Waals surface area contributed by atoms with Crippen molar-refractivity contribution in [3.63, 3.8) is 0 Å². The highest BCUT2D eigenvalue weighted by Crippen LogP contribution is 2.19. The normalized spacial score (nSPS) is 10.9. The Bertz CT molecular complexity index is 759. The van der Waals surface area contributed by atoms with Crippen LogP contribution in [0.25, 0.3) is 0 Å². The molecule has 1 heterocycles. The van der Waals surface area contributed by atoms with Gasteiger partial charge >= 0.3 is 0 Å². The summed E-state index contributed by atoms with van der Waals surface area (Å²) in [5, 5.41) is 26.6. The van der Waals surface area contributed by atoms with Crippen LogP contribution in [0.2, 0.25) is 0 Å². The summed E-state index contributed by atoms with van der Waals surface area (Å²) in [6.45, 7) is 0.976. The molecule has 0 saturated heterocycles. The highest BCUT2D eigenvalue weighted by Gasteiger charge is 2.13. The molecule has 5 heteroatoms. The third kappa shape index (κ3) is 4.56. The second kappa shape index (κ2) is 8.28. The van der Waals surface area contributed by atoms with Gasteiger partial charge in [0.1, 0.15) is 17.7 Å². The molecule has 0 aliphatic heterocycles. The van der Waals surface area contributed by atoms with E-state index in [0.717, 1.165) is 16.8 Å². The molecule has 128 valence electrons. The summed E-state index contributed by atoms with van der Waals surface area (Å²) in [6, 6.07) is 20.2. The molecule has 4 N–H and O–H groups in total. The number of hydrogen-bond donors (Lipinski definition) is 4. The van der Waals surface area contributed by atoms with Crippen LogP contribution in [-0.2, 0) is 13.1 Å². The number of aromatic nitrogens is 1. The van der Waals surface area contributed by atoms with Gasteiger partial charge in [-0.2, -0.15) is 0 Å². The minimum Gasteiger partial charge on any atom is -0.508 e. The zero-order valence-corrected chi connectivity index (χ0v) is 13.8. The fraction of sp³-hybridized carbons (Fsp3) is 0.150. The molecule has 0 fully saturated rings. The van der Waals surface area contributed by atoms with Crippen LogP contribution in [0.5, 0.6) is 11.5 Å². The molecular weight excluding hydrogens is 314 g/mol. The van der Waals surface area contributed by atoms with E-state index in [0.29, 0.717) is 13.1 Å². The van der Waals surface area contributed by atoms with Crippen molar-refractivity contribution in [2.24, 2.45) is 0 Å². The molecule has 2 aromatic carbocycles. The van der Waals surface area contributed by atoms with Gasteiger partial charge in [0.2, 0.25) is 0 Å². The van der Waals surface area contributed by atoms with E-state index in [-0.39, 0.29) is 17.7 Å². The predicted molar refractivity (Wildman–Crippen MR) is 96.9 cm³/mol. The second-order valence-corrected chi connectivity index (χ2v) is 5.71. The van der Waals surface area contributed by atoms with E-state index in [2.05, 4.69) is 15.6 Å². The van der Waals surface area contributed by atoms with Gasteiger partial charge in [0.25, 0.3) is 0 Å². The van der Waals surface area contributed by atoms with Gasteiger partial charge in [-0.25, -0.2) is 0 Å². The highest BCUT2D eigenvalue weighted by atomic mass is 16.3. The molecule has 3 aromatic rings. The van der Waals surface area contributed by atoms with Crippen LogP contribution in [0, 0.1) is 0 Å². The summed E-state index contributed by atoms with van der Waals surface area (Å²) < 4.78 is 0. The Labute approximate surface area is 147 Å². The minimum atomic E-state index is -0.222. The average molecular weight is 335 g/mol. The third-order valence-electron chi connectivity index (χ3n) is 3.96. The summed E-state index contributed by atoms with van der Waals surface area (Å²) in [5.41, 5.74) is 2.47. The first-order valence-electron chi connectivity index (χ1n) is 8.15. The molecule has 25 heavy (non-hydrogen) atoms. The first-order chi connectivity index (χ1) is 12.2. The van der Waals surface area contributed by atoms with Crippen molar-refractivity contribution in [3.05, 3.63) is 89.7 Å². The Morgan fingerprint density at radius 3 is 1.72 bits per heavy atom. The van der Waals surface area contributed by atoms with E-state index in [1.807, 2.05) is 42.5 Å². The van der Waals surface area contributed by atoms with Gasteiger partial charge in [0.15, 0.2) is 0 Å². The first kappa shape index (κ1) is 17.0. The number of hydrogen-bond acceptors (Lipinski definition) is 5. The fourth-order valence-electron chi connectivity index (χ4n) is 2.57. The maximum Gasteiger partial charge on any atom is 0.120 e. The minimum absolute atomic E-state index is 0.222. The molecule has 0 amide bonds. The lowest BCUT2D eigenvalue weighted by Crippen LogP contribution is -2.34. The molecule has 5 nitrogen and oxygen atoms in total. The van der Waals surface area contributed by atoms with E-state index in [9.17, 15) is 10.2 Å². The van der Waals surface area contributed by atoms with Crippen molar-refractivity contribution >= 4 is 0 Å². The number of nitrogens with zero attached hydrogens (tertiary/aromatic N) is 1. The number of para-hydroxylation sites is 2. The molecule has 0 unspecified atom stereocenters. The van der Waals surface area contributed by atoms with Crippen molar-refractivity contribution in [2.45, 2.75) is 19.3 Å². The van der Waals surface area contributed by atoms with Gasteiger partial charge in [-0.05, 0) is 24.3 Å². The van der Waals surface area contributed by atoms with E-state index >= 15 is 0 Å². The molecular formula is C20H21N3O2. The molecule has 0 atom stereocenters. The Balaban J connectivity index is 1.72. The first-order valence-corrected chi connectivity index (χ1v) is 8.15. The number of pyridine rings is 1. The fourth-order valence-corrected chi connectivity index (χ4v) is 2.57. The molecule has 0 saturated carbocycles. The van der Waals surface area contributed by atoms with Crippen LogP contribution in [0.15, 0.2) is 72.9 Å². The zero-order valence-electron chi connectivity index (χ0n) is 13.8. The number of phenolic OH excluding ortho intramolecular Hbond substituents is 2. The van der Waals surface area contributed by atoms with Crippen LogP contribution in [0.3, 0.4) is 0 Å². The van der Waals surface area contributed by atoms with Gasteiger partial charge < -0.3 is 10.2 Å². The smallest absolute Gasteiger partial charge is 0.120 e.